The molecule has 2 aromatic carbocycles. The zero-order chi connectivity index (χ0) is 15.5. The Morgan fingerprint density at radius 3 is 2.82 bits per heavy atom. The molecule has 1 N–H and O–H groups in total. The maximum absolute atomic E-state index is 13.9. The fraction of sp³-hybridized carbons (Fsp3) is 0.118. The molecule has 3 rings (SSSR count). The Hall–Kier alpha value is -2.40. The number of nitrogens with one attached hydrogen (secondary N) is 1. The first kappa shape index (κ1) is 14.5. The van der Waals surface area contributed by atoms with Crippen LogP contribution in [-0.2, 0) is 0 Å². The van der Waals surface area contributed by atoms with Gasteiger partial charge in [0, 0.05) is 10.9 Å². The van der Waals surface area contributed by atoms with Crippen molar-refractivity contribution < 1.29 is 9.13 Å². The number of benzene rings is 2. The van der Waals surface area contributed by atoms with E-state index in [1.54, 1.807) is 19.2 Å². The molecule has 3 aromatic rings. The summed E-state index contributed by atoms with van der Waals surface area (Å²) in [6.07, 6.45) is 0. The molecule has 0 amide bonds. The van der Waals surface area contributed by atoms with Crippen LogP contribution in [0.4, 0.5) is 15.2 Å². The number of nitrogens with zero attached hydrogens (tertiary/aromatic N) is 1. The number of para-hydroxylation sites is 2. The third kappa shape index (κ3) is 2.94. The van der Waals surface area contributed by atoms with Crippen LogP contribution >= 0.6 is 11.3 Å². The molecule has 0 saturated heterocycles. The topological polar surface area (TPSA) is 34.1 Å². The summed E-state index contributed by atoms with van der Waals surface area (Å²) in [6, 6.07) is 12.6. The maximum atomic E-state index is 13.9. The molecule has 1 aromatic heterocycles. The number of hydrogen-bond acceptors (Lipinski definition) is 4. The van der Waals surface area contributed by atoms with Gasteiger partial charge < -0.3 is 10.1 Å². The smallest absolute Gasteiger partial charge is 0.187 e. The molecule has 0 aliphatic carbocycles. The van der Waals surface area contributed by atoms with Crippen molar-refractivity contribution in [3.05, 3.63) is 59.2 Å². The lowest BCUT2D eigenvalue weighted by Crippen LogP contribution is -1.94. The van der Waals surface area contributed by atoms with Crippen molar-refractivity contribution in [2.45, 2.75) is 6.92 Å². The summed E-state index contributed by atoms with van der Waals surface area (Å²) < 4.78 is 19.2. The van der Waals surface area contributed by atoms with Crippen LogP contribution in [0.5, 0.6) is 5.75 Å². The molecule has 0 atom stereocenters. The van der Waals surface area contributed by atoms with Crippen molar-refractivity contribution in [1.29, 1.82) is 0 Å². The summed E-state index contributed by atoms with van der Waals surface area (Å²) >= 11 is 1.43. The van der Waals surface area contributed by atoms with Gasteiger partial charge in [0.25, 0.3) is 0 Å². The number of aromatic nitrogens is 1. The highest BCUT2D eigenvalue weighted by molar-refractivity contribution is 7.14. The Bertz CT molecular complexity index is 801. The van der Waals surface area contributed by atoms with Gasteiger partial charge in [-0.2, -0.15) is 0 Å². The quantitative estimate of drug-likeness (QED) is 0.735. The molecule has 0 aliphatic heterocycles. The highest BCUT2D eigenvalue weighted by Gasteiger charge is 2.11. The molecule has 0 spiro atoms. The van der Waals surface area contributed by atoms with Crippen LogP contribution in [0.25, 0.3) is 11.3 Å². The number of rotatable bonds is 4. The molecular weight excluding hydrogens is 299 g/mol. The molecule has 112 valence electrons. The molecule has 22 heavy (non-hydrogen) atoms. The molecule has 5 heteroatoms. The number of hydrogen-bond donors (Lipinski definition) is 1. The van der Waals surface area contributed by atoms with E-state index in [2.05, 4.69) is 10.3 Å². The summed E-state index contributed by atoms with van der Waals surface area (Å²) in [5.41, 5.74) is 2.98. The Morgan fingerprint density at radius 2 is 2.00 bits per heavy atom. The van der Waals surface area contributed by atoms with Crippen LogP contribution in [0.15, 0.2) is 47.8 Å². The van der Waals surface area contributed by atoms with Crippen molar-refractivity contribution in [1.82, 2.24) is 4.98 Å². The first-order valence-corrected chi connectivity index (χ1v) is 7.67. The number of aryl methyl sites for hydroxylation is 1. The second-order valence-corrected chi connectivity index (χ2v) is 5.70. The molecule has 3 nitrogen and oxygen atoms in total. The zero-order valence-electron chi connectivity index (χ0n) is 12.3. The standard InChI is InChI=1S/C17H15FN2OS/c1-11-7-8-13(18)12(9-11)15-10-22-17(20-15)19-14-5-3-4-6-16(14)21-2/h3-10H,1-2H3,(H,19,20). The number of ether oxygens (including phenoxy) is 1. The highest BCUT2D eigenvalue weighted by Crippen LogP contribution is 2.32. The minimum Gasteiger partial charge on any atom is -0.495 e. The molecule has 1 heterocycles. The molecule has 0 unspecified atom stereocenters. The van der Waals surface area contributed by atoms with Gasteiger partial charge in [-0.3, -0.25) is 0 Å². The zero-order valence-corrected chi connectivity index (χ0v) is 13.1. The van der Waals surface area contributed by atoms with Gasteiger partial charge in [-0.05, 0) is 31.2 Å². The molecular formula is C17H15FN2OS. The van der Waals surface area contributed by atoms with Gasteiger partial charge in [-0.15, -0.1) is 11.3 Å². The van der Waals surface area contributed by atoms with Crippen LogP contribution < -0.4 is 10.1 Å². The van der Waals surface area contributed by atoms with Gasteiger partial charge in [0.15, 0.2) is 5.13 Å². The normalized spacial score (nSPS) is 10.5. The SMILES string of the molecule is COc1ccccc1Nc1nc(-c2cc(C)ccc2F)cs1. The third-order valence-corrected chi connectivity index (χ3v) is 4.01. The second kappa shape index (κ2) is 6.15. The van der Waals surface area contributed by atoms with E-state index < -0.39 is 0 Å². The molecule has 0 fully saturated rings. The van der Waals surface area contributed by atoms with Gasteiger partial charge in [-0.25, -0.2) is 9.37 Å². The van der Waals surface area contributed by atoms with Crippen molar-refractivity contribution in [2.75, 3.05) is 12.4 Å². The summed E-state index contributed by atoms with van der Waals surface area (Å²) in [5.74, 6) is 0.473. The summed E-state index contributed by atoms with van der Waals surface area (Å²) in [6.45, 7) is 1.93. The fourth-order valence-electron chi connectivity index (χ4n) is 2.15. The lowest BCUT2D eigenvalue weighted by atomic mass is 10.1. The van der Waals surface area contributed by atoms with E-state index in [4.69, 9.17) is 4.74 Å². The first-order chi connectivity index (χ1) is 10.7. The largest absolute Gasteiger partial charge is 0.495 e. The van der Waals surface area contributed by atoms with Gasteiger partial charge in [0.2, 0.25) is 0 Å². The van der Waals surface area contributed by atoms with Gasteiger partial charge in [-0.1, -0.05) is 23.8 Å². The van der Waals surface area contributed by atoms with E-state index in [9.17, 15) is 4.39 Å². The minimum atomic E-state index is -0.264. The van der Waals surface area contributed by atoms with E-state index in [1.165, 1.54) is 17.4 Å². The Balaban J connectivity index is 1.89. The number of halogens is 1. The van der Waals surface area contributed by atoms with E-state index in [-0.39, 0.29) is 5.82 Å². The van der Waals surface area contributed by atoms with E-state index >= 15 is 0 Å². The summed E-state index contributed by atoms with van der Waals surface area (Å²) in [5, 5.41) is 5.75. The van der Waals surface area contributed by atoms with E-state index in [1.807, 2.05) is 36.6 Å². The van der Waals surface area contributed by atoms with Gasteiger partial charge in [0.05, 0.1) is 18.5 Å². The Morgan fingerprint density at radius 1 is 1.18 bits per heavy atom. The van der Waals surface area contributed by atoms with Gasteiger partial charge in [0.1, 0.15) is 11.6 Å². The minimum absolute atomic E-state index is 0.264. The lowest BCUT2D eigenvalue weighted by Gasteiger charge is -2.08. The Labute approximate surface area is 132 Å². The van der Waals surface area contributed by atoms with E-state index in [0.29, 0.717) is 16.4 Å². The van der Waals surface area contributed by atoms with Crippen molar-refractivity contribution in [3.63, 3.8) is 0 Å². The number of anilines is 2. The highest BCUT2D eigenvalue weighted by atomic mass is 32.1. The van der Waals surface area contributed by atoms with Gasteiger partial charge >= 0.3 is 0 Å². The van der Waals surface area contributed by atoms with Crippen LogP contribution in [-0.4, -0.2) is 12.1 Å². The van der Waals surface area contributed by atoms with Crippen LogP contribution in [0.3, 0.4) is 0 Å². The van der Waals surface area contributed by atoms with Crippen molar-refractivity contribution in [2.24, 2.45) is 0 Å². The first-order valence-electron chi connectivity index (χ1n) is 6.79. The third-order valence-electron chi connectivity index (χ3n) is 3.25. The fourth-order valence-corrected chi connectivity index (χ4v) is 2.88. The average Bonchev–Trinajstić information content (AvgIpc) is 2.98. The predicted octanol–water partition coefficient (Wildman–Crippen LogP) is 5.01. The lowest BCUT2D eigenvalue weighted by molar-refractivity contribution is 0.417. The number of methoxy groups -OCH3 is 1. The van der Waals surface area contributed by atoms with Crippen LogP contribution in [0.2, 0.25) is 0 Å². The molecule has 0 aliphatic rings. The second-order valence-electron chi connectivity index (χ2n) is 4.85. The predicted molar refractivity (Wildman–Crippen MR) is 88.5 cm³/mol. The average molecular weight is 314 g/mol. The molecule has 0 radical (unpaired) electrons. The molecule has 0 bridgehead atoms. The van der Waals surface area contributed by atoms with E-state index in [0.717, 1.165) is 17.0 Å². The Kier molecular flexibility index (Phi) is 4.06. The maximum Gasteiger partial charge on any atom is 0.187 e. The van der Waals surface area contributed by atoms with Crippen molar-refractivity contribution in [3.8, 4) is 17.0 Å². The summed E-state index contributed by atoms with van der Waals surface area (Å²) in [7, 11) is 1.62. The van der Waals surface area contributed by atoms with Crippen molar-refractivity contribution >= 4 is 22.2 Å². The molecule has 0 saturated carbocycles. The number of thiazole rings is 1. The summed E-state index contributed by atoms with van der Waals surface area (Å²) in [4.78, 5) is 4.46. The monoisotopic (exact) mass is 314 g/mol. The van der Waals surface area contributed by atoms with Crippen LogP contribution in [0, 0.1) is 12.7 Å². The van der Waals surface area contributed by atoms with Crippen LogP contribution in [0.1, 0.15) is 5.56 Å².